The van der Waals surface area contributed by atoms with E-state index in [0.717, 1.165) is 0 Å². The molecule has 0 radical (unpaired) electrons. The summed E-state index contributed by atoms with van der Waals surface area (Å²) < 4.78 is 40.9. The fourth-order valence-electron chi connectivity index (χ4n) is 1.46. The average molecular weight is 241 g/mol. The number of nitrogens with one attached hydrogen (secondary N) is 1. The summed E-state index contributed by atoms with van der Waals surface area (Å²) >= 11 is 0. The Labute approximate surface area is 90.8 Å². The Bertz CT molecular complexity index is 257. The van der Waals surface area contributed by atoms with Gasteiger partial charge in [-0.2, -0.15) is 13.2 Å². The predicted molar refractivity (Wildman–Crippen MR) is 48.6 cm³/mol. The topological polar surface area (TPSA) is 58.6 Å². The van der Waals surface area contributed by atoms with Crippen LogP contribution in [0.15, 0.2) is 0 Å². The van der Waals surface area contributed by atoms with Crippen LogP contribution < -0.4 is 5.32 Å². The van der Waals surface area contributed by atoms with Crippen LogP contribution in [0, 0.1) is 5.92 Å². The van der Waals surface area contributed by atoms with E-state index in [1.165, 1.54) is 0 Å². The molecule has 0 aromatic rings. The molecular formula is C9H14F3NO3. The van der Waals surface area contributed by atoms with E-state index >= 15 is 0 Å². The molecule has 1 fully saturated rings. The van der Waals surface area contributed by atoms with Gasteiger partial charge in [-0.1, -0.05) is 0 Å². The van der Waals surface area contributed by atoms with E-state index in [4.69, 9.17) is 9.84 Å². The summed E-state index contributed by atoms with van der Waals surface area (Å²) in [4.78, 5) is 11.4. The highest BCUT2D eigenvalue weighted by Crippen LogP contribution is 2.21. The Balaban J connectivity index is 2.30. The molecule has 0 aromatic heterocycles. The number of alkyl halides is 3. The number of carbonyl (C=O) groups is 1. The van der Waals surface area contributed by atoms with E-state index < -0.39 is 30.7 Å². The summed E-state index contributed by atoms with van der Waals surface area (Å²) in [5, 5.41) is 10.7. The summed E-state index contributed by atoms with van der Waals surface area (Å²) in [5.74, 6) is -0.928. The molecule has 1 aliphatic heterocycles. The van der Waals surface area contributed by atoms with Crippen LogP contribution in [0.3, 0.4) is 0 Å². The quantitative estimate of drug-likeness (QED) is 0.754. The van der Waals surface area contributed by atoms with Crippen LogP contribution in [0.4, 0.5) is 13.2 Å². The molecule has 7 heteroatoms. The van der Waals surface area contributed by atoms with Crippen molar-refractivity contribution in [2.75, 3.05) is 13.2 Å². The number of hydrogen-bond donors (Lipinski definition) is 2. The smallest absolute Gasteiger partial charge is 0.382 e. The van der Waals surface area contributed by atoms with E-state index in [9.17, 15) is 18.0 Å². The van der Waals surface area contributed by atoms with Gasteiger partial charge in [-0.3, -0.25) is 4.79 Å². The second-order valence-corrected chi connectivity index (χ2v) is 3.88. The first-order valence-corrected chi connectivity index (χ1v) is 4.94. The highest BCUT2D eigenvalue weighted by atomic mass is 19.4. The minimum atomic E-state index is -4.70. The Hall–Kier alpha value is -0.820. The van der Waals surface area contributed by atoms with Crippen molar-refractivity contribution < 1.29 is 27.8 Å². The second kappa shape index (κ2) is 5.01. The van der Waals surface area contributed by atoms with Gasteiger partial charge in [0.2, 0.25) is 5.91 Å². The van der Waals surface area contributed by atoms with Crippen molar-refractivity contribution >= 4 is 5.91 Å². The first kappa shape index (κ1) is 13.2. The number of aliphatic hydroxyl groups is 1. The number of rotatable bonds is 3. The second-order valence-electron chi connectivity index (χ2n) is 3.88. The zero-order valence-corrected chi connectivity index (χ0v) is 8.75. The summed E-state index contributed by atoms with van der Waals surface area (Å²) in [5.41, 5.74) is 0. The molecule has 2 N–H and O–H groups in total. The van der Waals surface area contributed by atoms with Gasteiger partial charge in [0.1, 0.15) is 0 Å². The van der Waals surface area contributed by atoms with E-state index in [-0.39, 0.29) is 12.7 Å². The minimum Gasteiger partial charge on any atom is -0.382 e. The molecule has 1 heterocycles. The van der Waals surface area contributed by atoms with Crippen molar-refractivity contribution in [2.45, 2.75) is 31.7 Å². The van der Waals surface area contributed by atoms with Crippen molar-refractivity contribution in [1.82, 2.24) is 5.32 Å². The van der Waals surface area contributed by atoms with Crippen molar-refractivity contribution in [1.29, 1.82) is 0 Å². The van der Waals surface area contributed by atoms with Gasteiger partial charge in [-0.05, 0) is 13.3 Å². The van der Waals surface area contributed by atoms with Crippen LogP contribution >= 0.6 is 0 Å². The lowest BCUT2D eigenvalue weighted by Crippen LogP contribution is -2.42. The average Bonchev–Trinajstić information content (AvgIpc) is 2.59. The third kappa shape index (κ3) is 3.64. The highest BCUT2D eigenvalue weighted by molar-refractivity contribution is 5.79. The summed E-state index contributed by atoms with van der Waals surface area (Å²) in [7, 11) is 0. The lowest BCUT2D eigenvalue weighted by atomic mass is 10.1. The number of aliphatic hydroxyl groups excluding tert-OH is 1. The molecule has 1 saturated heterocycles. The Morgan fingerprint density at radius 3 is 2.69 bits per heavy atom. The molecule has 0 saturated carbocycles. The van der Waals surface area contributed by atoms with E-state index in [1.807, 2.05) is 0 Å². The number of halogens is 3. The Morgan fingerprint density at radius 1 is 1.62 bits per heavy atom. The molecular weight excluding hydrogens is 227 g/mol. The van der Waals surface area contributed by atoms with Crippen LogP contribution in [-0.2, 0) is 9.53 Å². The number of hydrogen-bond acceptors (Lipinski definition) is 3. The van der Waals surface area contributed by atoms with E-state index in [2.05, 4.69) is 5.32 Å². The van der Waals surface area contributed by atoms with Crippen LogP contribution in [-0.4, -0.2) is 42.5 Å². The van der Waals surface area contributed by atoms with Crippen LogP contribution in [0.1, 0.15) is 13.3 Å². The van der Waals surface area contributed by atoms with Crippen molar-refractivity contribution in [2.24, 2.45) is 5.92 Å². The van der Waals surface area contributed by atoms with Gasteiger partial charge in [0.25, 0.3) is 0 Å². The minimum absolute atomic E-state index is 0.0525. The number of carbonyl (C=O) groups excluding carboxylic acids is 1. The summed E-state index contributed by atoms with van der Waals surface area (Å²) in [6.45, 7) is 1.19. The van der Waals surface area contributed by atoms with E-state index in [1.54, 1.807) is 6.92 Å². The maximum atomic E-state index is 11.9. The van der Waals surface area contributed by atoms with Gasteiger partial charge < -0.3 is 15.2 Å². The predicted octanol–water partition coefficient (Wildman–Crippen LogP) is 0.451. The van der Waals surface area contributed by atoms with Gasteiger partial charge in [0.05, 0.1) is 25.2 Å². The third-order valence-corrected chi connectivity index (χ3v) is 2.42. The van der Waals surface area contributed by atoms with Gasteiger partial charge >= 0.3 is 6.18 Å². The van der Waals surface area contributed by atoms with Gasteiger partial charge in [-0.25, -0.2) is 0 Å². The lowest BCUT2D eigenvalue weighted by molar-refractivity contribution is -0.202. The molecule has 0 aromatic carbocycles. The maximum absolute atomic E-state index is 11.9. The van der Waals surface area contributed by atoms with Crippen LogP contribution in [0.2, 0.25) is 0 Å². The van der Waals surface area contributed by atoms with Crippen LogP contribution in [0.25, 0.3) is 0 Å². The molecule has 0 bridgehead atoms. The molecule has 3 atom stereocenters. The first-order valence-electron chi connectivity index (χ1n) is 4.94. The molecule has 1 amide bonds. The molecule has 4 nitrogen and oxygen atoms in total. The molecule has 16 heavy (non-hydrogen) atoms. The van der Waals surface area contributed by atoms with Gasteiger partial charge in [0, 0.05) is 0 Å². The van der Waals surface area contributed by atoms with Crippen molar-refractivity contribution in [3.63, 3.8) is 0 Å². The Kier molecular flexibility index (Phi) is 4.15. The standard InChI is InChI=1S/C9H14F3NO3/c1-5-2-6(4-16-5)8(15)13-3-7(14)9(10,11)12/h5-7,14H,2-4H2,1H3,(H,13,15). The largest absolute Gasteiger partial charge is 0.416 e. The molecule has 0 spiro atoms. The maximum Gasteiger partial charge on any atom is 0.416 e. The third-order valence-electron chi connectivity index (χ3n) is 2.42. The van der Waals surface area contributed by atoms with Crippen LogP contribution in [0.5, 0.6) is 0 Å². The van der Waals surface area contributed by atoms with Crippen molar-refractivity contribution in [3.05, 3.63) is 0 Å². The Morgan fingerprint density at radius 2 is 2.25 bits per heavy atom. The molecule has 94 valence electrons. The summed E-state index contributed by atoms with van der Waals surface area (Å²) in [6.07, 6.45) is -6.78. The van der Waals surface area contributed by atoms with Crippen molar-refractivity contribution in [3.8, 4) is 0 Å². The first-order chi connectivity index (χ1) is 7.30. The molecule has 3 unspecified atom stereocenters. The zero-order valence-electron chi connectivity index (χ0n) is 8.75. The molecule has 1 aliphatic rings. The molecule has 1 rings (SSSR count). The van der Waals surface area contributed by atoms with Gasteiger partial charge in [0.15, 0.2) is 6.10 Å². The number of amides is 1. The fraction of sp³-hybridized carbons (Fsp3) is 0.889. The fourth-order valence-corrected chi connectivity index (χ4v) is 1.46. The molecule has 0 aliphatic carbocycles. The van der Waals surface area contributed by atoms with Gasteiger partial charge in [-0.15, -0.1) is 0 Å². The summed E-state index contributed by atoms with van der Waals surface area (Å²) in [6, 6.07) is 0. The normalized spacial score (nSPS) is 27.8. The van der Waals surface area contributed by atoms with E-state index in [0.29, 0.717) is 6.42 Å². The zero-order chi connectivity index (χ0) is 12.3. The number of ether oxygens (including phenoxy) is 1. The monoisotopic (exact) mass is 241 g/mol. The lowest BCUT2D eigenvalue weighted by Gasteiger charge is -2.16. The SMILES string of the molecule is CC1CC(C(=O)NCC(O)C(F)(F)F)CO1. The highest BCUT2D eigenvalue weighted by Gasteiger charge is 2.38.